The summed E-state index contributed by atoms with van der Waals surface area (Å²) in [7, 11) is 1.81. The summed E-state index contributed by atoms with van der Waals surface area (Å²) in [6.07, 6.45) is 4.54. The second-order valence-electron chi connectivity index (χ2n) is 3.89. The molecule has 4 nitrogen and oxygen atoms in total. The van der Waals surface area contributed by atoms with Gasteiger partial charge in [-0.3, -0.25) is 4.68 Å². The second kappa shape index (κ2) is 4.94. The van der Waals surface area contributed by atoms with Crippen LogP contribution < -0.4 is 5.32 Å². The first-order valence-electron chi connectivity index (χ1n) is 4.80. The summed E-state index contributed by atoms with van der Waals surface area (Å²) in [5.41, 5.74) is -0.489. The monoisotopic (exact) mass is 318 g/mol. The van der Waals surface area contributed by atoms with Crippen LogP contribution in [-0.4, -0.2) is 22.4 Å². The number of hydrogen-bond acceptors (Lipinski definition) is 3. The number of nitrogens with zero attached hydrogens (tertiary/aromatic N) is 3. The van der Waals surface area contributed by atoms with E-state index < -0.39 is 5.54 Å². The van der Waals surface area contributed by atoms with Crippen LogP contribution in [0.4, 0.5) is 0 Å². The van der Waals surface area contributed by atoms with E-state index in [1.165, 1.54) is 0 Å². The third-order valence-electron chi connectivity index (χ3n) is 2.52. The van der Waals surface area contributed by atoms with Crippen LogP contribution in [0.1, 0.15) is 26.3 Å². The van der Waals surface area contributed by atoms with Gasteiger partial charge in [0, 0.05) is 12.6 Å². The molecule has 0 fully saturated rings. The van der Waals surface area contributed by atoms with Crippen molar-refractivity contribution < 1.29 is 0 Å². The minimum Gasteiger partial charge on any atom is -0.303 e. The molecule has 1 aromatic heterocycles. The Morgan fingerprint density at radius 2 is 2.47 bits per heavy atom. The minimum atomic E-state index is -0.489. The lowest BCUT2D eigenvalue weighted by Crippen LogP contribution is -2.40. The molecule has 0 bridgehead atoms. The fourth-order valence-corrected chi connectivity index (χ4v) is 1.85. The van der Waals surface area contributed by atoms with Crippen LogP contribution in [0.5, 0.6) is 0 Å². The van der Waals surface area contributed by atoms with Gasteiger partial charge in [0.05, 0.1) is 21.9 Å². The summed E-state index contributed by atoms with van der Waals surface area (Å²) in [5, 5.41) is 16.3. The molecule has 0 saturated carbocycles. The first-order chi connectivity index (χ1) is 7.00. The lowest BCUT2D eigenvalue weighted by molar-refractivity contribution is 0.349. The molecule has 0 aliphatic heterocycles. The second-order valence-corrected chi connectivity index (χ2v) is 5.13. The van der Waals surface area contributed by atoms with Crippen LogP contribution in [0.3, 0.4) is 0 Å². The summed E-state index contributed by atoms with van der Waals surface area (Å²) in [6.45, 7) is 3.97. The van der Waals surface area contributed by atoms with Gasteiger partial charge < -0.3 is 5.32 Å². The molecule has 15 heavy (non-hydrogen) atoms. The van der Waals surface area contributed by atoms with Crippen LogP contribution in [0.25, 0.3) is 0 Å². The molecule has 2 atom stereocenters. The van der Waals surface area contributed by atoms with Gasteiger partial charge in [0.2, 0.25) is 0 Å². The molecule has 0 radical (unpaired) electrons. The van der Waals surface area contributed by atoms with Gasteiger partial charge in [-0.05, 0) is 43.5 Å². The molecule has 2 unspecified atom stereocenters. The number of halogens is 1. The standard InChI is InChI=1S/C10H15IN4/c1-8(4-10(2,7-12)13-3)15-6-9(11)5-14-15/h5-6,8,13H,4H2,1-3H3. The van der Waals surface area contributed by atoms with Crippen LogP contribution in [-0.2, 0) is 0 Å². The average Bonchev–Trinajstić information content (AvgIpc) is 2.65. The van der Waals surface area contributed by atoms with Gasteiger partial charge in [0.15, 0.2) is 0 Å². The first kappa shape index (κ1) is 12.5. The van der Waals surface area contributed by atoms with Crippen LogP contribution in [0, 0.1) is 14.9 Å². The smallest absolute Gasteiger partial charge is 0.105 e. The van der Waals surface area contributed by atoms with E-state index >= 15 is 0 Å². The Morgan fingerprint density at radius 1 is 1.80 bits per heavy atom. The van der Waals surface area contributed by atoms with Crippen molar-refractivity contribution in [2.24, 2.45) is 0 Å². The molecule has 0 amide bonds. The molecule has 0 aliphatic carbocycles. The van der Waals surface area contributed by atoms with Gasteiger partial charge in [-0.2, -0.15) is 10.4 Å². The molecule has 1 N–H and O–H groups in total. The van der Waals surface area contributed by atoms with Gasteiger partial charge >= 0.3 is 0 Å². The summed E-state index contributed by atoms with van der Waals surface area (Å²) in [5.74, 6) is 0. The minimum absolute atomic E-state index is 0.214. The Morgan fingerprint density at radius 3 is 2.87 bits per heavy atom. The van der Waals surface area contributed by atoms with Gasteiger partial charge in [0.25, 0.3) is 0 Å². The molecule has 1 aromatic rings. The van der Waals surface area contributed by atoms with Crippen molar-refractivity contribution in [2.45, 2.75) is 31.8 Å². The van der Waals surface area contributed by atoms with Crippen molar-refractivity contribution >= 4 is 22.6 Å². The third-order valence-corrected chi connectivity index (χ3v) is 3.08. The molecule has 0 saturated heterocycles. The number of rotatable bonds is 4. The first-order valence-corrected chi connectivity index (χ1v) is 5.88. The fourth-order valence-electron chi connectivity index (χ4n) is 1.44. The molecule has 1 heterocycles. The predicted molar refractivity (Wildman–Crippen MR) is 67.3 cm³/mol. The normalized spacial score (nSPS) is 16.7. The van der Waals surface area contributed by atoms with Gasteiger partial charge in [-0.25, -0.2) is 0 Å². The Bertz CT molecular complexity index is 368. The summed E-state index contributed by atoms with van der Waals surface area (Å²) >= 11 is 2.23. The van der Waals surface area contributed by atoms with Crippen molar-refractivity contribution in [1.82, 2.24) is 15.1 Å². The molecule has 82 valence electrons. The highest BCUT2D eigenvalue weighted by atomic mass is 127. The van der Waals surface area contributed by atoms with Crippen LogP contribution in [0.2, 0.25) is 0 Å². The summed E-state index contributed by atoms with van der Waals surface area (Å²) in [6, 6.07) is 2.50. The van der Waals surface area contributed by atoms with E-state index in [9.17, 15) is 0 Å². The topological polar surface area (TPSA) is 53.6 Å². The number of aromatic nitrogens is 2. The SMILES string of the molecule is CNC(C)(C#N)CC(C)n1cc(I)cn1. The van der Waals surface area contributed by atoms with E-state index in [-0.39, 0.29) is 6.04 Å². The van der Waals surface area contributed by atoms with E-state index in [0.29, 0.717) is 0 Å². The zero-order valence-electron chi connectivity index (χ0n) is 9.16. The maximum absolute atomic E-state index is 9.04. The van der Waals surface area contributed by atoms with Crippen molar-refractivity contribution in [3.63, 3.8) is 0 Å². The maximum atomic E-state index is 9.04. The highest BCUT2D eigenvalue weighted by molar-refractivity contribution is 14.1. The maximum Gasteiger partial charge on any atom is 0.105 e. The largest absolute Gasteiger partial charge is 0.303 e. The quantitative estimate of drug-likeness (QED) is 0.863. The molecule has 5 heteroatoms. The molecule has 0 spiro atoms. The van der Waals surface area contributed by atoms with Gasteiger partial charge in [0.1, 0.15) is 5.54 Å². The molecule has 1 rings (SSSR count). The number of nitrogens with one attached hydrogen (secondary N) is 1. The zero-order valence-corrected chi connectivity index (χ0v) is 11.3. The van der Waals surface area contributed by atoms with E-state index in [0.717, 1.165) is 9.99 Å². The lowest BCUT2D eigenvalue weighted by atomic mass is 9.96. The molecule has 0 aromatic carbocycles. The van der Waals surface area contributed by atoms with Gasteiger partial charge in [-0.1, -0.05) is 0 Å². The Balaban J connectivity index is 2.71. The summed E-state index contributed by atoms with van der Waals surface area (Å²) < 4.78 is 3.01. The predicted octanol–water partition coefficient (Wildman–Crippen LogP) is 1.94. The zero-order chi connectivity index (χ0) is 11.5. The Labute approximate surface area is 104 Å². The average molecular weight is 318 g/mol. The fraction of sp³-hybridized carbons (Fsp3) is 0.600. The Hall–Kier alpha value is -0.610. The van der Waals surface area contributed by atoms with Crippen molar-refractivity contribution in [2.75, 3.05) is 7.05 Å². The summed E-state index contributed by atoms with van der Waals surface area (Å²) in [4.78, 5) is 0. The van der Waals surface area contributed by atoms with Crippen molar-refractivity contribution in [1.29, 1.82) is 5.26 Å². The molecular formula is C10H15IN4. The number of nitriles is 1. The van der Waals surface area contributed by atoms with Crippen molar-refractivity contribution in [3.05, 3.63) is 16.0 Å². The van der Waals surface area contributed by atoms with E-state index in [1.807, 2.05) is 31.0 Å². The van der Waals surface area contributed by atoms with Crippen LogP contribution in [0.15, 0.2) is 12.4 Å². The Kier molecular flexibility index (Phi) is 4.11. The third kappa shape index (κ3) is 3.18. The van der Waals surface area contributed by atoms with Crippen LogP contribution >= 0.6 is 22.6 Å². The van der Waals surface area contributed by atoms with E-state index in [4.69, 9.17) is 5.26 Å². The highest BCUT2D eigenvalue weighted by Crippen LogP contribution is 2.20. The van der Waals surface area contributed by atoms with Crippen molar-refractivity contribution in [3.8, 4) is 6.07 Å². The lowest BCUT2D eigenvalue weighted by Gasteiger charge is -2.24. The molecular weight excluding hydrogens is 303 g/mol. The highest BCUT2D eigenvalue weighted by Gasteiger charge is 2.25. The number of hydrogen-bond donors (Lipinski definition) is 1. The van der Waals surface area contributed by atoms with E-state index in [1.54, 1.807) is 0 Å². The molecule has 0 aliphatic rings. The van der Waals surface area contributed by atoms with Gasteiger partial charge in [-0.15, -0.1) is 0 Å². The van der Waals surface area contributed by atoms with E-state index in [2.05, 4.69) is 46.0 Å².